The number of amides is 1. The Morgan fingerprint density at radius 2 is 1.70 bits per heavy atom. The van der Waals surface area contributed by atoms with E-state index in [4.69, 9.17) is 15.3 Å². The number of carbonyl (C=O) groups is 1. The molecule has 5 heteroatoms. The highest BCUT2D eigenvalue weighted by Gasteiger charge is 2.08. The van der Waals surface area contributed by atoms with E-state index >= 15 is 0 Å². The standard InChI is InChI=1S/C5H11NO4/c7-2-1-5(10)6(3-8)4-9/h7-9H,1-4H2. The van der Waals surface area contributed by atoms with Crippen molar-refractivity contribution in [1.29, 1.82) is 0 Å². The van der Waals surface area contributed by atoms with Crippen molar-refractivity contribution in [3.8, 4) is 0 Å². The first kappa shape index (κ1) is 9.35. The van der Waals surface area contributed by atoms with Gasteiger partial charge in [-0.25, -0.2) is 0 Å². The Balaban J connectivity index is 3.65. The van der Waals surface area contributed by atoms with Gasteiger partial charge < -0.3 is 15.3 Å². The molecule has 0 unspecified atom stereocenters. The molecule has 0 spiro atoms. The average molecular weight is 149 g/mol. The van der Waals surface area contributed by atoms with E-state index < -0.39 is 19.4 Å². The zero-order valence-electron chi connectivity index (χ0n) is 5.53. The third-order valence-corrected chi connectivity index (χ3v) is 1.02. The van der Waals surface area contributed by atoms with Gasteiger partial charge in [-0.3, -0.25) is 9.69 Å². The van der Waals surface area contributed by atoms with Gasteiger partial charge in [0, 0.05) is 0 Å². The Hall–Kier alpha value is -0.650. The van der Waals surface area contributed by atoms with Gasteiger partial charge in [-0.1, -0.05) is 0 Å². The summed E-state index contributed by atoms with van der Waals surface area (Å²) in [6.07, 6.45) is -0.0683. The Kier molecular flexibility index (Phi) is 4.82. The van der Waals surface area contributed by atoms with E-state index in [1.54, 1.807) is 0 Å². The van der Waals surface area contributed by atoms with Crippen molar-refractivity contribution in [3.63, 3.8) is 0 Å². The molecular formula is C5H11NO4. The molecule has 0 aliphatic carbocycles. The van der Waals surface area contributed by atoms with Crippen LogP contribution in [0.25, 0.3) is 0 Å². The van der Waals surface area contributed by atoms with Crippen LogP contribution in [0, 0.1) is 0 Å². The van der Waals surface area contributed by atoms with Crippen LogP contribution in [0.4, 0.5) is 0 Å². The fourth-order valence-electron chi connectivity index (χ4n) is 0.456. The Bertz CT molecular complexity index is 102. The van der Waals surface area contributed by atoms with Crippen LogP contribution in [-0.4, -0.2) is 46.2 Å². The first-order valence-corrected chi connectivity index (χ1v) is 2.86. The minimum atomic E-state index is -0.519. The Morgan fingerprint density at radius 3 is 2.00 bits per heavy atom. The van der Waals surface area contributed by atoms with Crippen LogP contribution in [0.15, 0.2) is 0 Å². The molecule has 0 radical (unpaired) electrons. The first-order chi connectivity index (χ1) is 4.76. The van der Waals surface area contributed by atoms with Crippen LogP contribution >= 0.6 is 0 Å². The van der Waals surface area contributed by atoms with E-state index in [9.17, 15) is 4.79 Å². The van der Waals surface area contributed by atoms with Crippen molar-refractivity contribution in [2.24, 2.45) is 0 Å². The highest BCUT2D eigenvalue weighted by atomic mass is 16.3. The van der Waals surface area contributed by atoms with E-state index in [0.29, 0.717) is 0 Å². The SMILES string of the molecule is O=C(CCO)N(CO)CO. The summed E-state index contributed by atoms with van der Waals surface area (Å²) in [6.45, 7) is -1.31. The summed E-state index contributed by atoms with van der Waals surface area (Å²) < 4.78 is 0. The van der Waals surface area contributed by atoms with Gasteiger partial charge in [0.1, 0.15) is 13.5 Å². The van der Waals surface area contributed by atoms with E-state index in [2.05, 4.69) is 0 Å². The number of aliphatic hydroxyl groups excluding tert-OH is 3. The molecule has 0 bridgehead atoms. The van der Waals surface area contributed by atoms with E-state index in [0.717, 1.165) is 4.90 Å². The fourth-order valence-corrected chi connectivity index (χ4v) is 0.456. The van der Waals surface area contributed by atoms with Crippen LogP contribution in [0.2, 0.25) is 0 Å². The molecular weight excluding hydrogens is 138 g/mol. The molecule has 5 nitrogen and oxygen atoms in total. The molecule has 0 saturated carbocycles. The van der Waals surface area contributed by atoms with Gasteiger partial charge in [0.2, 0.25) is 5.91 Å². The molecule has 60 valence electrons. The quantitative estimate of drug-likeness (QED) is 0.408. The third kappa shape index (κ3) is 2.77. The van der Waals surface area contributed by atoms with Crippen molar-refractivity contribution in [2.75, 3.05) is 20.1 Å². The van der Waals surface area contributed by atoms with Gasteiger partial charge in [0.15, 0.2) is 0 Å². The average Bonchev–Trinajstić information content (AvgIpc) is 1.91. The molecule has 0 aliphatic heterocycles. The zero-order chi connectivity index (χ0) is 7.98. The molecule has 0 aromatic rings. The van der Waals surface area contributed by atoms with Gasteiger partial charge >= 0.3 is 0 Å². The second kappa shape index (κ2) is 5.16. The van der Waals surface area contributed by atoms with Gasteiger partial charge in [0.25, 0.3) is 0 Å². The Labute approximate surface area is 58.5 Å². The van der Waals surface area contributed by atoms with Crippen molar-refractivity contribution in [2.45, 2.75) is 6.42 Å². The van der Waals surface area contributed by atoms with Gasteiger partial charge in [-0.05, 0) is 0 Å². The van der Waals surface area contributed by atoms with Crippen molar-refractivity contribution >= 4 is 5.91 Å². The van der Waals surface area contributed by atoms with E-state index in [1.807, 2.05) is 0 Å². The maximum atomic E-state index is 10.7. The highest BCUT2D eigenvalue weighted by Crippen LogP contribution is 1.89. The lowest BCUT2D eigenvalue weighted by Crippen LogP contribution is -2.32. The molecule has 0 aromatic carbocycles. The predicted octanol–water partition coefficient (Wildman–Crippen LogP) is -1.90. The second-order valence-electron chi connectivity index (χ2n) is 1.69. The summed E-state index contributed by atoms with van der Waals surface area (Å²) in [4.78, 5) is 11.5. The number of nitrogens with zero attached hydrogens (tertiary/aromatic N) is 1. The summed E-state index contributed by atoms with van der Waals surface area (Å²) >= 11 is 0. The topological polar surface area (TPSA) is 81.0 Å². The van der Waals surface area contributed by atoms with Crippen LogP contribution in [0.1, 0.15) is 6.42 Å². The number of hydrogen-bond acceptors (Lipinski definition) is 4. The van der Waals surface area contributed by atoms with Crippen molar-refractivity contribution in [1.82, 2.24) is 4.90 Å². The molecule has 0 aromatic heterocycles. The summed E-state index contributed by atoms with van der Waals surface area (Å²) in [7, 11) is 0. The molecule has 0 saturated heterocycles. The number of hydrogen-bond donors (Lipinski definition) is 3. The molecule has 3 N–H and O–H groups in total. The normalized spacial score (nSPS) is 9.50. The van der Waals surface area contributed by atoms with Crippen LogP contribution < -0.4 is 0 Å². The van der Waals surface area contributed by atoms with Crippen LogP contribution in [0.3, 0.4) is 0 Å². The lowest BCUT2D eigenvalue weighted by atomic mass is 10.4. The molecule has 0 heterocycles. The minimum Gasteiger partial charge on any atom is -0.396 e. The van der Waals surface area contributed by atoms with Gasteiger partial charge in [0.05, 0.1) is 13.0 Å². The number of aliphatic hydroxyl groups is 3. The lowest BCUT2D eigenvalue weighted by molar-refractivity contribution is -0.140. The summed E-state index contributed by atoms with van der Waals surface area (Å²) in [5.74, 6) is -0.465. The molecule has 10 heavy (non-hydrogen) atoms. The zero-order valence-corrected chi connectivity index (χ0v) is 5.53. The molecule has 0 atom stereocenters. The number of carbonyl (C=O) groups excluding carboxylic acids is 1. The molecule has 0 fully saturated rings. The molecule has 0 aliphatic rings. The monoisotopic (exact) mass is 149 g/mol. The maximum Gasteiger partial charge on any atom is 0.228 e. The highest BCUT2D eigenvalue weighted by molar-refractivity contribution is 5.75. The van der Waals surface area contributed by atoms with E-state index in [1.165, 1.54) is 0 Å². The summed E-state index contributed by atoms with van der Waals surface area (Å²) in [5.41, 5.74) is 0. The van der Waals surface area contributed by atoms with Gasteiger partial charge in [-0.15, -0.1) is 0 Å². The van der Waals surface area contributed by atoms with Crippen molar-refractivity contribution < 1.29 is 20.1 Å². The minimum absolute atomic E-state index is 0.0683. The van der Waals surface area contributed by atoms with Crippen LogP contribution in [0.5, 0.6) is 0 Å². The molecule has 1 amide bonds. The first-order valence-electron chi connectivity index (χ1n) is 2.86. The fraction of sp³-hybridized carbons (Fsp3) is 0.800. The van der Waals surface area contributed by atoms with Gasteiger partial charge in [-0.2, -0.15) is 0 Å². The lowest BCUT2D eigenvalue weighted by Gasteiger charge is -2.15. The summed E-state index contributed by atoms with van der Waals surface area (Å²) in [5, 5.41) is 25.0. The van der Waals surface area contributed by atoms with E-state index in [-0.39, 0.29) is 13.0 Å². The smallest absolute Gasteiger partial charge is 0.228 e. The third-order valence-electron chi connectivity index (χ3n) is 1.02. The second-order valence-corrected chi connectivity index (χ2v) is 1.69. The maximum absolute atomic E-state index is 10.7. The molecule has 0 rings (SSSR count). The Morgan fingerprint density at radius 1 is 1.20 bits per heavy atom. The van der Waals surface area contributed by atoms with Crippen LogP contribution in [-0.2, 0) is 4.79 Å². The largest absolute Gasteiger partial charge is 0.396 e. The number of rotatable bonds is 4. The predicted molar refractivity (Wildman–Crippen MR) is 32.7 cm³/mol. The van der Waals surface area contributed by atoms with Crippen molar-refractivity contribution in [3.05, 3.63) is 0 Å². The summed E-state index contributed by atoms with van der Waals surface area (Å²) in [6, 6.07) is 0.